The van der Waals surface area contributed by atoms with E-state index in [1.54, 1.807) is 0 Å². The predicted octanol–water partition coefficient (Wildman–Crippen LogP) is 1.97. The molecular formula is C14H10FN3O3. The van der Waals surface area contributed by atoms with Crippen molar-refractivity contribution in [3.05, 3.63) is 59.8 Å². The normalized spacial score (nSPS) is 10.5. The third-order valence-corrected chi connectivity index (χ3v) is 2.46. The first kappa shape index (κ1) is 14.3. The van der Waals surface area contributed by atoms with Crippen LogP contribution in [0.2, 0.25) is 0 Å². The number of carboxylic acid groups (broad SMARTS) is 1. The molecule has 0 bridgehead atoms. The molecule has 0 aliphatic carbocycles. The minimum Gasteiger partial charge on any atom is -0.478 e. The second-order valence-electron chi connectivity index (χ2n) is 3.96. The molecular weight excluding hydrogens is 277 g/mol. The summed E-state index contributed by atoms with van der Waals surface area (Å²) >= 11 is 0. The third-order valence-electron chi connectivity index (χ3n) is 2.46. The number of hydrogen-bond donors (Lipinski definition) is 2. The monoisotopic (exact) mass is 287 g/mol. The van der Waals surface area contributed by atoms with Gasteiger partial charge in [-0.15, -0.1) is 0 Å². The largest absolute Gasteiger partial charge is 0.478 e. The van der Waals surface area contributed by atoms with Gasteiger partial charge < -0.3 is 10.4 Å². The van der Waals surface area contributed by atoms with Gasteiger partial charge in [-0.1, -0.05) is 6.07 Å². The van der Waals surface area contributed by atoms with E-state index in [2.05, 4.69) is 15.3 Å². The number of aromatic nitrogens is 2. The molecule has 2 rings (SSSR count). The molecule has 0 saturated carbocycles. The SMILES string of the molecule is O=C(O)C=Cc1ccc(C(=O)Nc2cnccn2)c(F)c1. The summed E-state index contributed by atoms with van der Waals surface area (Å²) in [5.74, 6) is -2.36. The van der Waals surface area contributed by atoms with Gasteiger partial charge in [-0.25, -0.2) is 14.2 Å². The van der Waals surface area contributed by atoms with E-state index < -0.39 is 17.7 Å². The average Bonchev–Trinajstić information content (AvgIpc) is 2.46. The lowest BCUT2D eigenvalue weighted by molar-refractivity contribution is -0.131. The van der Waals surface area contributed by atoms with E-state index in [1.807, 2.05) is 0 Å². The molecule has 0 radical (unpaired) electrons. The van der Waals surface area contributed by atoms with E-state index in [1.165, 1.54) is 36.8 Å². The Morgan fingerprint density at radius 1 is 1.29 bits per heavy atom. The third kappa shape index (κ3) is 3.93. The number of amides is 1. The zero-order valence-electron chi connectivity index (χ0n) is 10.7. The highest BCUT2D eigenvalue weighted by Gasteiger charge is 2.12. The van der Waals surface area contributed by atoms with Crippen molar-refractivity contribution in [2.45, 2.75) is 0 Å². The van der Waals surface area contributed by atoms with Crippen LogP contribution in [-0.2, 0) is 4.79 Å². The molecule has 0 fully saturated rings. The maximum atomic E-state index is 13.8. The number of carboxylic acids is 1. The molecule has 1 amide bonds. The fraction of sp³-hybridized carbons (Fsp3) is 0. The Hall–Kier alpha value is -3.09. The van der Waals surface area contributed by atoms with Crippen LogP contribution in [-0.4, -0.2) is 27.0 Å². The Morgan fingerprint density at radius 2 is 2.10 bits per heavy atom. The Kier molecular flexibility index (Phi) is 4.35. The summed E-state index contributed by atoms with van der Waals surface area (Å²) < 4.78 is 13.8. The predicted molar refractivity (Wildman–Crippen MR) is 73.1 cm³/mol. The van der Waals surface area contributed by atoms with E-state index in [0.717, 1.165) is 12.1 Å². The molecule has 1 heterocycles. The number of halogens is 1. The van der Waals surface area contributed by atoms with Crippen LogP contribution in [0.25, 0.3) is 6.08 Å². The number of nitrogens with zero attached hydrogens (tertiary/aromatic N) is 2. The quantitative estimate of drug-likeness (QED) is 0.839. The summed E-state index contributed by atoms with van der Waals surface area (Å²) in [6, 6.07) is 3.78. The van der Waals surface area contributed by atoms with Crippen molar-refractivity contribution < 1.29 is 19.1 Å². The lowest BCUT2D eigenvalue weighted by Gasteiger charge is -2.05. The van der Waals surface area contributed by atoms with Crippen LogP contribution < -0.4 is 5.32 Å². The fourth-order valence-electron chi connectivity index (χ4n) is 1.53. The highest BCUT2D eigenvalue weighted by Crippen LogP contribution is 2.13. The molecule has 0 aliphatic rings. The van der Waals surface area contributed by atoms with Gasteiger partial charge in [-0.2, -0.15) is 0 Å². The summed E-state index contributed by atoms with van der Waals surface area (Å²) in [6.45, 7) is 0. The minimum absolute atomic E-state index is 0.173. The molecule has 21 heavy (non-hydrogen) atoms. The first-order chi connectivity index (χ1) is 10.1. The van der Waals surface area contributed by atoms with Gasteiger partial charge in [0.25, 0.3) is 5.91 Å². The number of carbonyl (C=O) groups is 2. The standard InChI is InChI=1S/C14H10FN3O3/c15-11-7-9(2-4-13(19)20)1-3-10(11)14(21)18-12-8-16-5-6-17-12/h1-8H,(H,19,20)(H,17,18,21). The zero-order chi connectivity index (χ0) is 15.2. The second kappa shape index (κ2) is 6.38. The maximum Gasteiger partial charge on any atom is 0.328 e. The number of nitrogens with one attached hydrogen (secondary N) is 1. The van der Waals surface area contributed by atoms with E-state index in [-0.39, 0.29) is 11.4 Å². The first-order valence-corrected chi connectivity index (χ1v) is 5.84. The van der Waals surface area contributed by atoms with Gasteiger partial charge in [-0.05, 0) is 23.8 Å². The van der Waals surface area contributed by atoms with Crippen molar-refractivity contribution in [1.82, 2.24) is 9.97 Å². The smallest absolute Gasteiger partial charge is 0.328 e. The van der Waals surface area contributed by atoms with Gasteiger partial charge in [0.05, 0.1) is 11.8 Å². The van der Waals surface area contributed by atoms with Gasteiger partial charge >= 0.3 is 5.97 Å². The van der Waals surface area contributed by atoms with Crippen molar-refractivity contribution in [1.29, 1.82) is 0 Å². The fourth-order valence-corrected chi connectivity index (χ4v) is 1.53. The summed E-state index contributed by atoms with van der Waals surface area (Å²) in [5, 5.41) is 10.9. The second-order valence-corrected chi connectivity index (χ2v) is 3.96. The number of hydrogen-bond acceptors (Lipinski definition) is 4. The van der Waals surface area contributed by atoms with Crippen LogP contribution >= 0.6 is 0 Å². The van der Waals surface area contributed by atoms with Crippen molar-refractivity contribution in [3.8, 4) is 0 Å². The van der Waals surface area contributed by atoms with Crippen molar-refractivity contribution in [2.75, 3.05) is 5.32 Å². The Morgan fingerprint density at radius 3 is 2.71 bits per heavy atom. The Bertz CT molecular complexity index is 702. The van der Waals surface area contributed by atoms with Crippen molar-refractivity contribution in [3.63, 3.8) is 0 Å². The number of benzene rings is 1. The molecule has 106 valence electrons. The van der Waals surface area contributed by atoms with Crippen molar-refractivity contribution >= 4 is 23.8 Å². The van der Waals surface area contributed by atoms with Crippen LogP contribution in [0.3, 0.4) is 0 Å². The first-order valence-electron chi connectivity index (χ1n) is 5.84. The van der Waals surface area contributed by atoms with Gasteiger partial charge in [0.2, 0.25) is 0 Å². The van der Waals surface area contributed by atoms with Gasteiger partial charge in [0, 0.05) is 18.5 Å². The summed E-state index contributed by atoms with van der Waals surface area (Å²) in [7, 11) is 0. The Balaban J connectivity index is 2.17. The number of aliphatic carboxylic acids is 1. The summed E-state index contributed by atoms with van der Waals surface area (Å²) in [5.41, 5.74) is 0.166. The van der Waals surface area contributed by atoms with Crippen LogP contribution in [0.4, 0.5) is 10.2 Å². The molecule has 0 unspecified atom stereocenters. The molecule has 1 aromatic heterocycles. The highest BCUT2D eigenvalue weighted by atomic mass is 19.1. The molecule has 2 aromatic rings. The number of anilines is 1. The van der Waals surface area contributed by atoms with Crippen LogP contribution in [0.1, 0.15) is 15.9 Å². The van der Waals surface area contributed by atoms with Gasteiger partial charge in [0.15, 0.2) is 5.82 Å². The lowest BCUT2D eigenvalue weighted by Crippen LogP contribution is -2.14. The molecule has 0 atom stereocenters. The topological polar surface area (TPSA) is 92.2 Å². The molecule has 0 aliphatic heterocycles. The molecule has 1 aromatic carbocycles. The highest BCUT2D eigenvalue weighted by molar-refractivity contribution is 6.04. The number of rotatable bonds is 4. The minimum atomic E-state index is -1.14. The van der Waals surface area contributed by atoms with Crippen LogP contribution in [0.5, 0.6) is 0 Å². The lowest BCUT2D eigenvalue weighted by atomic mass is 10.1. The molecule has 0 spiro atoms. The summed E-state index contributed by atoms with van der Waals surface area (Å²) in [4.78, 5) is 29.9. The van der Waals surface area contributed by atoms with Crippen LogP contribution in [0, 0.1) is 5.82 Å². The Labute approximate surface area is 119 Å². The maximum absolute atomic E-state index is 13.8. The van der Waals surface area contributed by atoms with Crippen molar-refractivity contribution in [2.24, 2.45) is 0 Å². The molecule has 2 N–H and O–H groups in total. The van der Waals surface area contributed by atoms with E-state index in [0.29, 0.717) is 5.56 Å². The molecule has 7 heteroatoms. The molecule has 6 nitrogen and oxygen atoms in total. The zero-order valence-corrected chi connectivity index (χ0v) is 10.7. The van der Waals surface area contributed by atoms with Gasteiger partial charge in [-0.3, -0.25) is 9.78 Å². The molecule has 0 saturated heterocycles. The van der Waals surface area contributed by atoms with E-state index in [9.17, 15) is 14.0 Å². The van der Waals surface area contributed by atoms with Gasteiger partial charge in [0.1, 0.15) is 5.82 Å². The average molecular weight is 287 g/mol. The number of carbonyl (C=O) groups excluding carboxylic acids is 1. The summed E-state index contributed by atoms with van der Waals surface area (Å²) in [6.07, 6.45) is 6.29. The van der Waals surface area contributed by atoms with E-state index >= 15 is 0 Å². The van der Waals surface area contributed by atoms with Crippen LogP contribution in [0.15, 0.2) is 42.9 Å². The van der Waals surface area contributed by atoms with E-state index in [4.69, 9.17) is 5.11 Å².